The van der Waals surface area contributed by atoms with Crippen molar-refractivity contribution in [1.82, 2.24) is 0 Å². The zero-order chi connectivity index (χ0) is 8.27. The van der Waals surface area contributed by atoms with Gasteiger partial charge in [-0.05, 0) is 12.5 Å². The molecule has 1 aromatic rings. The van der Waals surface area contributed by atoms with Crippen molar-refractivity contribution in [2.45, 2.75) is 0 Å². The molecule has 0 spiro atoms. The smallest absolute Gasteiger partial charge is 0.175 e. The molecule has 0 heterocycles. The minimum Gasteiger partial charge on any atom is -0.410 e. The van der Waals surface area contributed by atoms with Gasteiger partial charge in [0.05, 0.1) is 0 Å². The summed E-state index contributed by atoms with van der Waals surface area (Å²) in [4.78, 5) is 0. The number of benzene rings is 1. The molecule has 3 heteroatoms. The van der Waals surface area contributed by atoms with Crippen LogP contribution in [0.15, 0.2) is 29.4 Å². The molecule has 0 fully saturated rings. The van der Waals surface area contributed by atoms with E-state index in [4.69, 9.17) is 16.8 Å². The van der Waals surface area contributed by atoms with E-state index in [0.717, 1.165) is 5.56 Å². The van der Waals surface area contributed by atoms with Gasteiger partial charge in [-0.1, -0.05) is 41.0 Å². The SMILES string of the molecule is [CH2]c1ccccc1/C(Cl)=N\O. The van der Waals surface area contributed by atoms with Crippen LogP contribution >= 0.6 is 11.6 Å². The Morgan fingerprint density at radius 2 is 2.09 bits per heavy atom. The van der Waals surface area contributed by atoms with E-state index in [1.807, 2.05) is 6.07 Å². The Kier molecular flexibility index (Phi) is 2.49. The van der Waals surface area contributed by atoms with E-state index < -0.39 is 0 Å². The van der Waals surface area contributed by atoms with Crippen molar-refractivity contribution < 1.29 is 5.21 Å². The van der Waals surface area contributed by atoms with Crippen LogP contribution in [0.25, 0.3) is 0 Å². The number of hydrogen-bond acceptors (Lipinski definition) is 2. The first-order valence-corrected chi connectivity index (χ1v) is 3.42. The van der Waals surface area contributed by atoms with Crippen LogP contribution in [0.5, 0.6) is 0 Å². The largest absolute Gasteiger partial charge is 0.410 e. The van der Waals surface area contributed by atoms with Gasteiger partial charge in [-0.3, -0.25) is 0 Å². The van der Waals surface area contributed by atoms with Crippen LogP contribution in [-0.2, 0) is 0 Å². The summed E-state index contributed by atoms with van der Waals surface area (Å²) in [6, 6.07) is 7.18. The molecule has 2 nitrogen and oxygen atoms in total. The Balaban J connectivity index is 3.14. The quantitative estimate of drug-likeness (QED) is 0.389. The second kappa shape index (κ2) is 3.39. The van der Waals surface area contributed by atoms with E-state index in [-0.39, 0.29) is 5.17 Å². The van der Waals surface area contributed by atoms with Crippen LogP contribution < -0.4 is 0 Å². The summed E-state index contributed by atoms with van der Waals surface area (Å²) in [6.45, 7) is 3.71. The van der Waals surface area contributed by atoms with E-state index in [1.165, 1.54) is 0 Å². The molecular formula is C8H7ClNO. The van der Waals surface area contributed by atoms with Gasteiger partial charge in [0.2, 0.25) is 0 Å². The van der Waals surface area contributed by atoms with Gasteiger partial charge < -0.3 is 5.21 Å². The molecule has 0 saturated heterocycles. The Morgan fingerprint density at radius 1 is 1.45 bits per heavy atom. The summed E-state index contributed by atoms with van der Waals surface area (Å²) in [7, 11) is 0. The lowest BCUT2D eigenvalue weighted by Gasteiger charge is -1.99. The van der Waals surface area contributed by atoms with Gasteiger partial charge in [0.1, 0.15) is 0 Å². The molecule has 0 bridgehead atoms. The molecule has 1 N–H and O–H groups in total. The highest BCUT2D eigenvalue weighted by Gasteiger charge is 2.01. The normalized spacial score (nSPS) is 11.6. The summed E-state index contributed by atoms with van der Waals surface area (Å²) >= 11 is 5.56. The molecule has 1 radical (unpaired) electrons. The highest BCUT2D eigenvalue weighted by atomic mass is 35.5. The van der Waals surface area contributed by atoms with Crippen LogP contribution in [-0.4, -0.2) is 10.4 Å². The second-order valence-electron chi connectivity index (χ2n) is 2.05. The monoisotopic (exact) mass is 168 g/mol. The van der Waals surface area contributed by atoms with Crippen molar-refractivity contribution >= 4 is 16.8 Å². The van der Waals surface area contributed by atoms with Crippen molar-refractivity contribution in [3.05, 3.63) is 42.3 Å². The first-order valence-electron chi connectivity index (χ1n) is 3.04. The van der Waals surface area contributed by atoms with Gasteiger partial charge in [-0.2, -0.15) is 0 Å². The summed E-state index contributed by atoms with van der Waals surface area (Å²) in [5.74, 6) is 0. The van der Waals surface area contributed by atoms with Gasteiger partial charge in [0, 0.05) is 5.56 Å². The van der Waals surface area contributed by atoms with Gasteiger partial charge in [-0.25, -0.2) is 0 Å². The predicted octanol–water partition coefficient (Wildman–Crippen LogP) is 2.24. The number of oxime groups is 1. The standard InChI is InChI=1S/C8H7ClNO/c1-6-4-2-3-5-7(6)8(9)10-11/h2-5,11H,1H2/b10-8+. The number of hydrogen-bond donors (Lipinski definition) is 1. The molecule has 0 aliphatic carbocycles. The van der Waals surface area contributed by atoms with E-state index in [9.17, 15) is 0 Å². The lowest BCUT2D eigenvalue weighted by atomic mass is 10.1. The van der Waals surface area contributed by atoms with E-state index in [0.29, 0.717) is 5.56 Å². The van der Waals surface area contributed by atoms with E-state index in [1.54, 1.807) is 18.2 Å². The second-order valence-corrected chi connectivity index (χ2v) is 2.41. The van der Waals surface area contributed by atoms with Crippen molar-refractivity contribution in [3.63, 3.8) is 0 Å². The predicted molar refractivity (Wildman–Crippen MR) is 45.1 cm³/mol. The van der Waals surface area contributed by atoms with Crippen molar-refractivity contribution in [2.75, 3.05) is 0 Å². The fourth-order valence-corrected chi connectivity index (χ4v) is 0.960. The third kappa shape index (κ3) is 1.71. The molecule has 0 aliphatic rings. The molecule has 11 heavy (non-hydrogen) atoms. The number of nitrogens with zero attached hydrogens (tertiary/aromatic N) is 1. The highest BCUT2D eigenvalue weighted by molar-refractivity contribution is 6.69. The molecule has 0 aromatic heterocycles. The highest BCUT2D eigenvalue weighted by Crippen LogP contribution is 2.10. The molecule has 0 unspecified atom stereocenters. The third-order valence-electron chi connectivity index (χ3n) is 1.33. The maximum absolute atomic E-state index is 8.34. The Hall–Kier alpha value is -1.02. The van der Waals surface area contributed by atoms with E-state index >= 15 is 0 Å². The molecule has 0 saturated carbocycles. The van der Waals surface area contributed by atoms with Crippen LogP contribution in [0, 0.1) is 6.92 Å². The van der Waals surface area contributed by atoms with Crippen molar-refractivity contribution in [2.24, 2.45) is 5.16 Å². The van der Waals surface area contributed by atoms with Crippen LogP contribution in [0.3, 0.4) is 0 Å². The number of rotatable bonds is 1. The molecular weight excluding hydrogens is 162 g/mol. The average Bonchev–Trinajstić information content (AvgIpc) is 2.04. The molecule has 0 amide bonds. The van der Waals surface area contributed by atoms with Crippen molar-refractivity contribution in [3.8, 4) is 0 Å². The fraction of sp³-hybridized carbons (Fsp3) is 0. The minimum absolute atomic E-state index is 0.0654. The molecule has 1 rings (SSSR count). The van der Waals surface area contributed by atoms with Gasteiger partial charge >= 0.3 is 0 Å². The first kappa shape index (κ1) is 8.08. The average molecular weight is 169 g/mol. The maximum atomic E-state index is 8.34. The van der Waals surface area contributed by atoms with Gasteiger partial charge in [-0.15, -0.1) is 0 Å². The zero-order valence-electron chi connectivity index (χ0n) is 5.79. The van der Waals surface area contributed by atoms with E-state index in [2.05, 4.69) is 12.1 Å². The zero-order valence-corrected chi connectivity index (χ0v) is 6.54. The van der Waals surface area contributed by atoms with Gasteiger partial charge in [0.25, 0.3) is 0 Å². The van der Waals surface area contributed by atoms with Crippen LogP contribution in [0.4, 0.5) is 0 Å². The Morgan fingerprint density at radius 3 is 2.64 bits per heavy atom. The topological polar surface area (TPSA) is 32.6 Å². The summed E-state index contributed by atoms with van der Waals surface area (Å²) < 4.78 is 0. The summed E-state index contributed by atoms with van der Waals surface area (Å²) in [5, 5.41) is 11.3. The minimum atomic E-state index is 0.0654. The first-order chi connectivity index (χ1) is 5.25. The molecule has 1 aromatic carbocycles. The van der Waals surface area contributed by atoms with Gasteiger partial charge in [0.15, 0.2) is 5.17 Å². The molecule has 0 aliphatic heterocycles. The van der Waals surface area contributed by atoms with Crippen LogP contribution in [0.1, 0.15) is 11.1 Å². The van der Waals surface area contributed by atoms with Crippen LogP contribution in [0.2, 0.25) is 0 Å². The summed E-state index contributed by atoms with van der Waals surface area (Å²) in [5.41, 5.74) is 1.40. The molecule has 0 atom stereocenters. The third-order valence-corrected chi connectivity index (χ3v) is 1.61. The molecule has 57 valence electrons. The maximum Gasteiger partial charge on any atom is 0.175 e. The fourth-order valence-electron chi connectivity index (χ4n) is 0.775. The Labute approximate surface area is 70.1 Å². The van der Waals surface area contributed by atoms with Crippen molar-refractivity contribution in [1.29, 1.82) is 0 Å². The number of halogens is 1. The lowest BCUT2D eigenvalue weighted by Crippen LogP contribution is -1.93. The summed E-state index contributed by atoms with van der Waals surface area (Å²) in [6.07, 6.45) is 0. The Bertz CT molecular complexity index is 283. The lowest BCUT2D eigenvalue weighted by molar-refractivity contribution is 0.321.